The number of carbonyl (C=O) groups is 1. The summed E-state index contributed by atoms with van der Waals surface area (Å²) in [7, 11) is 1.71. The van der Waals surface area contributed by atoms with Crippen molar-refractivity contribution in [1.29, 1.82) is 0 Å². The van der Waals surface area contributed by atoms with E-state index in [1.807, 2.05) is 30.3 Å². The van der Waals surface area contributed by atoms with Crippen LogP contribution in [-0.2, 0) is 7.05 Å². The number of nitrogens with zero attached hydrogens (tertiary/aromatic N) is 3. The van der Waals surface area contributed by atoms with Gasteiger partial charge in [0.1, 0.15) is 22.8 Å². The molecule has 4 rings (SSSR count). The van der Waals surface area contributed by atoms with Gasteiger partial charge in [-0.2, -0.15) is 5.10 Å². The van der Waals surface area contributed by atoms with Crippen molar-refractivity contribution in [3.05, 3.63) is 78.4 Å². The normalized spacial score (nSPS) is 10.9. The van der Waals surface area contributed by atoms with Crippen LogP contribution >= 0.6 is 0 Å². The average molecular weight is 404 g/mol. The quantitative estimate of drug-likeness (QED) is 0.473. The number of amides is 1. The van der Waals surface area contributed by atoms with E-state index in [4.69, 9.17) is 4.74 Å². The fraction of sp³-hybridized carbons (Fsp3) is 0.174. The second-order valence-electron chi connectivity index (χ2n) is 6.83. The predicted molar refractivity (Wildman–Crippen MR) is 113 cm³/mol. The Kier molecular flexibility index (Phi) is 5.70. The lowest BCUT2D eigenvalue weighted by atomic mass is 10.1. The molecule has 0 aliphatic heterocycles. The summed E-state index contributed by atoms with van der Waals surface area (Å²) in [6.45, 7) is 0.927. The van der Waals surface area contributed by atoms with Gasteiger partial charge in [0, 0.05) is 30.7 Å². The lowest BCUT2D eigenvalue weighted by Gasteiger charge is -2.09. The van der Waals surface area contributed by atoms with Crippen LogP contribution in [0.1, 0.15) is 16.9 Å². The number of carbonyl (C=O) groups excluding carboxylic acids is 1. The molecule has 7 heteroatoms. The van der Waals surface area contributed by atoms with Crippen LogP contribution in [0, 0.1) is 5.82 Å². The third-order valence-corrected chi connectivity index (χ3v) is 4.71. The van der Waals surface area contributed by atoms with Gasteiger partial charge in [-0.1, -0.05) is 18.2 Å². The molecule has 0 unspecified atom stereocenters. The first kappa shape index (κ1) is 19.6. The van der Waals surface area contributed by atoms with Gasteiger partial charge in [0.15, 0.2) is 0 Å². The van der Waals surface area contributed by atoms with E-state index in [1.165, 1.54) is 16.8 Å². The van der Waals surface area contributed by atoms with Crippen LogP contribution < -0.4 is 10.1 Å². The topological polar surface area (TPSA) is 69.0 Å². The Hall–Kier alpha value is -3.74. The maximum absolute atomic E-state index is 13.1. The molecule has 6 nitrogen and oxygen atoms in total. The Morgan fingerprint density at radius 1 is 1.13 bits per heavy atom. The number of ether oxygens (including phenoxy) is 1. The standard InChI is InChI=1S/C23H21FN4O2/c1-28-20(15-19(27-28)16-8-10-18(24)11-9-16)23(29)26-13-4-14-30-21-7-2-5-17-6-3-12-25-22(17)21/h2-3,5-12,15H,4,13-14H2,1H3,(H,26,29). The van der Waals surface area contributed by atoms with E-state index >= 15 is 0 Å². The van der Waals surface area contributed by atoms with E-state index < -0.39 is 0 Å². The van der Waals surface area contributed by atoms with Crippen molar-refractivity contribution in [2.24, 2.45) is 7.05 Å². The second-order valence-corrected chi connectivity index (χ2v) is 6.83. The molecule has 0 bridgehead atoms. The minimum absolute atomic E-state index is 0.217. The Bertz CT molecular complexity index is 1170. The minimum atomic E-state index is -0.311. The van der Waals surface area contributed by atoms with Crippen LogP contribution in [0.2, 0.25) is 0 Å². The highest BCUT2D eigenvalue weighted by molar-refractivity contribution is 5.93. The van der Waals surface area contributed by atoms with Crippen LogP contribution in [-0.4, -0.2) is 33.8 Å². The highest BCUT2D eigenvalue weighted by Crippen LogP contribution is 2.23. The number of hydrogen-bond donors (Lipinski definition) is 1. The molecule has 152 valence electrons. The predicted octanol–water partition coefficient (Wildman–Crippen LogP) is 3.97. The molecule has 0 atom stereocenters. The van der Waals surface area contributed by atoms with Gasteiger partial charge in [0.05, 0.1) is 12.3 Å². The molecule has 2 heterocycles. The van der Waals surface area contributed by atoms with Crippen LogP contribution in [0.4, 0.5) is 4.39 Å². The van der Waals surface area contributed by atoms with E-state index in [9.17, 15) is 9.18 Å². The number of rotatable bonds is 7. The van der Waals surface area contributed by atoms with Crippen molar-refractivity contribution in [3.63, 3.8) is 0 Å². The molecule has 0 aliphatic carbocycles. The molecule has 0 spiro atoms. The van der Waals surface area contributed by atoms with Gasteiger partial charge in [0.2, 0.25) is 0 Å². The van der Waals surface area contributed by atoms with Crippen molar-refractivity contribution >= 4 is 16.8 Å². The molecule has 0 radical (unpaired) electrons. The minimum Gasteiger partial charge on any atom is -0.491 e. The maximum Gasteiger partial charge on any atom is 0.269 e. The number of pyridine rings is 1. The van der Waals surface area contributed by atoms with E-state index in [1.54, 1.807) is 31.4 Å². The third kappa shape index (κ3) is 4.30. The van der Waals surface area contributed by atoms with Crippen molar-refractivity contribution in [1.82, 2.24) is 20.1 Å². The van der Waals surface area contributed by atoms with Crippen molar-refractivity contribution in [3.8, 4) is 17.0 Å². The Morgan fingerprint density at radius 3 is 2.77 bits per heavy atom. The summed E-state index contributed by atoms with van der Waals surface area (Å²) in [5.41, 5.74) is 2.64. The summed E-state index contributed by atoms with van der Waals surface area (Å²) in [5, 5.41) is 8.25. The SMILES string of the molecule is Cn1nc(-c2ccc(F)cc2)cc1C(=O)NCCCOc1cccc2cccnc12. The molecule has 0 saturated heterocycles. The van der Waals surface area contributed by atoms with Gasteiger partial charge in [-0.3, -0.25) is 14.5 Å². The smallest absolute Gasteiger partial charge is 0.269 e. The largest absolute Gasteiger partial charge is 0.491 e. The molecule has 0 aliphatic rings. The Balaban J connectivity index is 1.30. The average Bonchev–Trinajstić information content (AvgIpc) is 3.15. The summed E-state index contributed by atoms with van der Waals surface area (Å²) >= 11 is 0. The number of para-hydroxylation sites is 1. The lowest BCUT2D eigenvalue weighted by Crippen LogP contribution is -2.27. The lowest BCUT2D eigenvalue weighted by molar-refractivity contribution is 0.0942. The van der Waals surface area contributed by atoms with Crippen LogP contribution in [0.3, 0.4) is 0 Å². The number of nitrogens with one attached hydrogen (secondary N) is 1. The third-order valence-electron chi connectivity index (χ3n) is 4.71. The van der Waals surface area contributed by atoms with Gasteiger partial charge in [-0.05, 0) is 48.9 Å². The Morgan fingerprint density at radius 2 is 1.93 bits per heavy atom. The Labute approximate surface area is 173 Å². The monoisotopic (exact) mass is 404 g/mol. The van der Waals surface area contributed by atoms with E-state index in [0.717, 1.165) is 22.2 Å². The van der Waals surface area contributed by atoms with Crippen LogP contribution in [0.5, 0.6) is 5.75 Å². The summed E-state index contributed by atoms with van der Waals surface area (Å²) in [4.78, 5) is 16.9. The second kappa shape index (κ2) is 8.73. The first-order chi connectivity index (χ1) is 14.6. The highest BCUT2D eigenvalue weighted by Gasteiger charge is 2.14. The van der Waals surface area contributed by atoms with Gasteiger partial charge in [-0.15, -0.1) is 0 Å². The number of hydrogen-bond acceptors (Lipinski definition) is 4. The number of aromatic nitrogens is 3. The summed E-state index contributed by atoms with van der Waals surface area (Å²) < 4.78 is 20.5. The number of fused-ring (bicyclic) bond motifs is 1. The number of halogens is 1. The molecule has 0 saturated carbocycles. The van der Waals surface area contributed by atoms with E-state index in [0.29, 0.717) is 31.0 Å². The van der Waals surface area contributed by atoms with Crippen molar-refractivity contribution < 1.29 is 13.9 Å². The first-order valence-electron chi connectivity index (χ1n) is 9.66. The molecule has 0 fully saturated rings. The number of benzene rings is 2. The van der Waals surface area contributed by atoms with Crippen LogP contribution in [0.25, 0.3) is 22.2 Å². The molecule has 2 aromatic heterocycles. The van der Waals surface area contributed by atoms with Crippen LogP contribution in [0.15, 0.2) is 66.9 Å². The molecule has 1 amide bonds. The van der Waals surface area contributed by atoms with Gasteiger partial charge < -0.3 is 10.1 Å². The zero-order chi connectivity index (χ0) is 20.9. The molecule has 1 N–H and O–H groups in total. The highest BCUT2D eigenvalue weighted by atomic mass is 19.1. The van der Waals surface area contributed by atoms with Crippen molar-refractivity contribution in [2.75, 3.05) is 13.2 Å². The first-order valence-corrected chi connectivity index (χ1v) is 9.66. The molecule has 30 heavy (non-hydrogen) atoms. The fourth-order valence-corrected chi connectivity index (χ4v) is 3.18. The van der Waals surface area contributed by atoms with Gasteiger partial charge in [0.25, 0.3) is 5.91 Å². The molecule has 2 aromatic carbocycles. The molecule has 4 aromatic rings. The van der Waals surface area contributed by atoms with Crippen molar-refractivity contribution in [2.45, 2.75) is 6.42 Å². The number of aryl methyl sites for hydroxylation is 1. The maximum atomic E-state index is 13.1. The summed E-state index contributed by atoms with van der Waals surface area (Å²) in [5.74, 6) is 0.203. The molecular weight excluding hydrogens is 383 g/mol. The zero-order valence-electron chi connectivity index (χ0n) is 16.5. The van der Waals surface area contributed by atoms with E-state index in [-0.39, 0.29) is 11.7 Å². The van der Waals surface area contributed by atoms with E-state index in [2.05, 4.69) is 15.4 Å². The summed E-state index contributed by atoms with van der Waals surface area (Å²) in [6, 6.07) is 17.4. The molecular formula is C23H21FN4O2. The van der Waals surface area contributed by atoms with Gasteiger partial charge >= 0.3 is 0 Å². The fourth-order valence-electron chi connectivity index (χ4n) is 3.18. The summed E-state index contributed by atoms with van der Waals surface area (Å²) in [6.07, 6.45) is 2.39. The zero-order valence-corrected chi connectivity index (χ0v) is 16.5. The van der Waals surface area contributed by atoms with Gasteiger partial charge in [-0.25, -0.2) is 4.39 Å².